The highest BCUT2D eigenvalue weighted by Crippen LogP contribution is 2.38. The van der Waals surface area contributed by atoms with Gasteiger partial charge in [-0.15, -0.1) is 0 Å². The standard InChI is InChI=1S/C22H26ClNO5/c1-24(8-7-15-5-6-18(26-2)19(12-15)27-3)21(25)14-16-11-17(23)22-20(13-16)28-9-4-10-29-22/h5-6,11-13H,4,7-10,14H2,1-3H3. The van der Waals surface area contributed by atoms with Gasteiger partial charge in [-0.3, -0.25) is 4.79 Å². The Bertz CT molecular complexity index is 871. The first-order valence-corrected chi connectivity index (χ1v) is 9.92. The molecule has 0 aromatic heterocycles. The molecule has 0 radical (unpaired) electrons. The van der Waals surface area contributed by atoms with Crippen LogP contribution in [0.4, 0.5) is 0 Å². The minimum atomic E-state index is 0.0102. The van der Waals surface area contributed by atoms with Crippen LogP contribution in [0.3, 0.4) is 0 Å². The average Bonchev–Trinajstić information content (AvgIpc) is 2.97. The third kappa shape index (κ3) is 5.26. The Labute approximate surface area is 176 Å². The third-order valence-electron chi connectivity index (χ3n) is 4.83. The monoisotopic (exact) mass is 419 g/mol. The van der Waals surface area contributed by atoms with Gasteiger partial charge in [0.05, 0.1) is 38.9 Å². The van der Waals surface area contributed by atoms with E-state index in [-0.39, 0.29) is 12.3 Å². The quantitative estimate of drug-likeness (QED) is 0.683. The molecule has 0 aliphatic carbocycles. The second-order valence-electron chi connectivity index (χ2n) is 6.89. The maximum Gasteiger partial charge on any atom is 0.226 e. The number of benzene rings is 2. The maximum atomic E-state index is 12.7. The number of fused-ring (bicyclic) bond motifs is 1. The number of nitrogens with zero attached hydrogens (tertiary/aromatic N) is 1. The van der Waals surface area contributed by atoms with E-state index in [0.717, 1.165) is 17.5 Å². The second-order valence-corrected chi connectivity index (χ2v) is 7.29. The second kappa shape index (κ2) is 9.74. The lowest BCUT2D eigenvalue weighted by atomic mass is 10.1. The molecule has 1 aliphatic heterocycles. The van der Waals surface area contributed by atoms with Crippen LogP contribution in [-0.4, -0.2) is 51.8 Å². The number of amides is 1. The smallest absolute Gasteiger partial charge is 0.226 e. The van der Waals surface area contributed by atoms with Crippen molar-refractivity contribution in [2.75, 3.05) is 41.0 Å². The van der Waals surface area contributed by atoms with E-state index in [0.29, 0.717) is 54.2 Å². The van der Waals surface area contributed by atoms with E-state index in [2.05, 4.69) is 0 Å². The van der Waals surface area contributed by atoms with Gasteiger partial charge in [0, 0.05) is 20.0 Å². The minimum absolute atomic E-state index is 0.0102. The molecule has 7 heteroatoms. The molecule has 6 nitrogen and oxygen atoms in total. The van der Waals surface area contributed by atoms with Crippen molar-refractivity contribution in [3.8, 4) is 23.0 Å². The Balaban J connectivity index is 1.61. The predicted octanol–water partition coefficient (Wildman–Crippen LogP) is 3.76. The number of halogens is 1. The summed E-state index contributed by atoms with van der Waals surface area (Å²) < 4.78 is 21.9. The summed E-state index contributed by atoms with van der Waals surface area (Å²) in [4.78, 5) is 14.4. The van der Waals surface area contributed by atoms with Crippen molar-refractivity contribution in [3.05, 3.63) is 46.5 Å². The van der Waals surface area contributed by atoms with Crippen LogP contribution in [0.2, 0.25) is 5.02 Å². The van der Waals surface area contributed by atoms with Crippen LogP contribution < -0.4 is 18.9 Å². The molecule has 1 heterocycles. The first-order valence-electron chi connectivity index (χ1n) is 9.54. The van der Waals surface area contributed by atoms with Gasteiger partial charge in [0.25, 0.3) is 0 Å². The van der Waals surface area contributed by atoms with E-state index in [1.165, 1.54) is 0 Å². The molecule has 2 aromatic carbocycles. The molecule has 0 atom stereocenters. The summed E-state index contributed by atoms with van der Waals surface area (Å²) in [6.07, 6.45) is 1.77. The zero-order chi connectivity index (χ0) is 20.8. The lowest BCUT2D eigenvalue weighted by molar-refractivity contribution is -0.129. The number of hydrogen-bond donors (Lipinski definition) is 0. The molecule has 0 N–H and O–H groups in total. The predicted molar refractivity (Wildman–Crippen MR) is 112 cm³/mol. The van der Waals surface area contributed by atoms with Crippen molar-refractivity contribution in [2.24, 2.45) is 0 Å². The summed E-state index contributed by atoms with van der Waals surface area (Å²) in [6.45, 7) is 1.74. The van der Waals surface area contributed by atoms with Gasteiger partial charge in [-0.25, -0.2) is 0 Å². The van der Waals surface area contributed by atoms with E-state index >= 15 is 0 Å². The molecular formula is C22H26ClNO5. The van der Waals surface area contributed by atoms with E-state index in [1.807, 2.05) is 24.3 Å². The van der Waals surface area contributed by atoms with Crippen molar-refractivity contribution in [3.63, 3.8) is 0 Å². The van der Waals surface area contributed by atoms with Crippen LogP contribution in [0.25, 0.3) is 0 Å². The molecule has 0 unspecified atom stereocenters. The van der Waals surface area contributed by atoms with E-state index in [4.69, 9.17) is 30.5 Å². The van der Waals surface area contributed by atoms with Crippen molar-refractivity contribution < 1.29 is 23.7 Å². The molecule has 1 aliphatic rings. The number of carbonyl (C=O) groups is 1. The highest BCUT2D eigenvalue weighted by molar-refractivity contribution is 6.32. The lowest BCUT2D eigenvalue weighted by Crippen LogP contribution is -2.30. The summed E-state index contributed by atoms with van der Waals surface area (Å²) in [5, 5.41) is 0.472. The van der Waals surface area contributed by atoms with Gasteiger partial charge in [-0.05, 0) is 41.8 Å². The van der Waals surface area contributed by atoms with Crippen molar-refractivity contribution >= 4 is 17.5 Å². The summed E-state index contributed by atoms with van der Waals surface area (Å²) in [7, 11) is 5.02. The highest BCUT2D eigenvalue weighted by atomic mass is 35.5. The van der Waals surface area contributed by atoms with Gasteiger partial charge in [0.15, 0.2) is 23.0 Å². The highest BCUT2D eigenvalue weighted by Gasteiger charge is 2.18. The Morgan fingerprint density at radius 3 is 2.59 bits per heavy atom. The fourth-order valence-corrected chi connectivity index (χ4v) is 3.44. The van der Waals surface area contributed by atoms with Crippen LogP contribution in [0, 0.1) is 0 Å². The van der Waals surface area contributed by atoms with Gasteiger partial charge >= 0.3 is 0 Å². The van der Waals surface area contributed by atoms with Gasteiger partial charge in [0.1, 0.15) is 0 Å². The van der Waals surface area contributed by atoms with Crippen molar-refractivity contribution in [2.45, 2.75) is 19.3 Å². The van der Waals surface area contributed by atoms with Gasteiger partial charge < -0.3 is 23.8 Å². The first-order chi connectivity index (χ1) is 14.0. The molecule has 0 saturated heterocycles. The number of methoxy groups -OCH3 is 2. The first kappa shape index (κ1) is 21.1. The Kier molecular flexibility index (Phi) is 7.09. The van der Waals surface area contributed by atoms with Gasteiger partial charge in [-0.1, -0.05) is 17.7 Å². The summed E-state index contributed by atoms with van der Waals surface area (Å²) in [5.74, 6) is 2.54. The molecule has 0 spiro atoms. The molecule has 1 amide bonds. The summed E-state index contributed by atoms with van der Waals surface area (Å²) in [5.41, 5.74) is 1.88. The van der Waals surface area contributed by atoms with Crippen molar-refractivity contribution in [1.82, 2.24) is 4.90 Å². The van der Waals surface area contributed by atoms with Crippen LogP contribution in [0.5, 0.6) is 23.0 Å². The number of hydrogen-bond acceptors (Lipinski definition) is 5. The van der Waals surface area contributed by atoms with E-state index in [9.17, 15) is 4.79 Å². The van der Waals surface area contributed by atoms with Gasteiger partial charge in [-0.2, -0.15) is 0 Å². The Hall–Kier alpha value is -2.60. The fourth-order valence-electron chi connectivity index (χ4n) is 3.15. The minimum Gasteiger partial charge on any atom is -0.493 e. The van der Waals surface area contributed by atoms with E-state index < -0.39 is 0 Å². The van der Waals surface area contributed by atoms with Crippen LogP contribution in [-0.2, 0) is 17.6 Å². The fraction of sp³-hybridized carbons (Fsp3) is 0.409. The lowest BCUT2D eigenvalue weighted by Gasteiger charge is -2.18. The zero-order valence-electron chi connectivity index (χ0n) is 17.0. The Morgan fingerprint density at radius 1 is 1.07 bits per heavy atom. The summed E-state index contributed by atoms with van der Waals surface area (Å²) in [6, 6.07) is 9.39. The normalized spacial score (nSPS) is 12.8. The van der Waals surface area contributed by atoms with Gasteiger partial charge in [0.2, 0.25) is 5.91 Å². The molecule has 3 rings (SSSR count). The van der Waals surface area contributed by atoms with Crippen LogP contribution in [0.1, 0.15) is 17.5 Å². The molecule has 0 fully saturated rings. The number of carbonyl (C=O) groups excluding carboxylic acids is 1. The molecular weight excluding hydrogens is 394 g/mol. The van der Waals surface area contributed by atoms with Crippen LogP contribution >= 0.6 is 11.6 Å². The molecule has 156 valence electrons. The number of ether oxygens (including phenoxy) is 4. The molecule has 2 aromatic rings. The SMILES string of the molecule is COc1ccc(CCN(C)C(=O)Cc2cc(Cl)c3c(c2)OCCCO3)cc1OC. The summed E-state index contributed by atoms with van der Waals surface area (Å²) >= 11 is 6.33. The maximum absolute atomic E-state index is 12.7. The third-order valence-corrected chi connectivity index (χ3v) is 5.11. The average molecular weight is 420 g/mol. The largest absolute Gasteiger partial charge is 0.493 e. The number of likely N-dealkylation sites (N-methyl/N-ethyl adjacent to an activating group) is 1. The Morgan fingerprint density at radius 2 is 1.83 bits per heavy atom. The molecule has 29 heavy (non-hydrogen) atoms. The van der Waals surface area contributed by atoms with Crippen molar-refractivity contribution in [1.29, 1.82) is 0 Å². The topological polar surface area (TPSA) is 57.2 Å². The van der Waals surface area contributed by atoms with E-state index in [1.54, 1.807) is 32.2 Å². The molecule has 0 bridgehead atoms. The number of rotatable bonds is 7. The zero-order valence-corrected chi connectivity index (χ0v) is 17.8. The molecule has 0 saturated carbocycles. The van der Waals surface area contributed by atoms with Crippen LogP contribution in [0.15, 0.2) is 30.3 Å².